The molecule has 1 aliphatic heterocycles. The highest BCUT2D eigenvalue weighted by Crippen LogP contribution is 2.31. The van der Waals surface area contributed by atoms with E-state index in [1.54, 1.807) is 13.2 Å². The van der Waals surface area contributed by atoms with Gasteiger partial charge in [-0.1, -0.05) is 23.2 Å². The largest absolute Gasteiger partial charge is 0.495 e. The topological polar surface area (TPSA) is 27.7 Å². The lowest BCUT2D eigenvalue weighted by atomic mass is 10.2. The average molecular weight is 332 g/mol. The van der Waals surface area contributed by atoms with Crippen molar-refractivity contribution in [2.75, 3.05) is 53.4 Å². The second kappa shape index (κ2) is 8.20. The van der Waals surface area contributed by atoms with E-state index in [0.717, 1.165) is 44.8 Å². The standard InChI is InChI=1S/C15H23Cl2N3O/c1-19-5-7-20(8-6-19)4-3-18-11-12-9-13(16)10-14(17)15(12)21-2/h9-10,18H,3-8,11H2,1-2H3. The van der Waals surface area contributed by atoms with E-state index in [1.165, 1.54) is 0 Å². The summed E-state index contributed by atoms with van der Waals surface area (Å²) in [6, 6.07) is 3.60. The Morgan fingerprint density at radius 1 is 1.19 bits per heavy atom. The summed E-state index contributed by atoms with van der Waals surface area (Å²) in [5.41, 5.74) is 0.994. The molecular weight excluding hydrogens is 309 g/mol. The maximum absolute atomic E-state index is 6.13. The minimum atomic E-state index is 0.556. The first-order valence-corrected chi connectivity index (χ1v) is 7.99. The first-order valence-electron chi connectivity index (χ1n) is 7.23. The van der Waals surface area contributed by atoms with Gasteiger partial charge in [-0.05, 0) is 19.2 Å². The highest BCUT2D eigenvalue weighted by molar-refractivity contribution is 6.35. The third kappa shape index (κ3) is 5.01. The number of ether oxygens (including phenoxy) is 1. The van der Waals surface area contributed by atoms with Crippen molar-refractivity contribution in [1.82, 2.24) is 15.1 Å². The van der Waals surface area contributed by atoms with Crippen LogP contribution in [0.3, 0.4) is 0 Å². The number of halogens is 2. The molecule has 0 aromatic heterocycles. The van der Waals surface area contributed by atoms with Gasteiger partial charge in [-0.3, -0.25) is 4.90 Å². The van der Waals surface area contributed by atoms with Crippen LogP contribution in [0.1, 0.15) is 5.56 Å². The monoisotopic (exact) mass is 331 g/mol. The van der Waals surface area contributed by atoms with Crippen molar-refractivity contribution in [2.45, 2.75) is 6.54 Å². The van der Waals surface area contributed by atoms with Crippen LogP contribution in [-0.2, 0) is 6.54 Å². The lowest BCUT2D eigenvalue weighted by Gasteiger charge is -2.32. The molecule has 0 spiro atoms. The molecule has 0 amide bonds. The molecular formula is C15H23Cl2N3O. The van der Waals surface area contributed by atoms with Crippen LogP contribution in [0.2, 0.25) is 10.0 Å². The van der Waals surface area contributed by atoms with E-state index >= 15 is 0 Å². The summed E-state index contributed by atoms with van der Waals surface area (Å²) in [5, 5.41) is 4.63. The van der Waals surface area contributed by atoms with Gasteiger partial charge in [0, 0.05) is 56.4 Å². The minimum absolute atomic E-state index is 0.556. The number of hydrogen-bond donors (Lipinski definition) is 1. The second-order valence-corrected chi connectivity index (χ2v) is 6.25. The zero-order chi connectivity index (χ0) is 15.2. The highest BCUT2D eigenvalue weighted by Gasteiger charge is 2.13. The molecule has 0 atom stereocenters. The van der Waals surface area contributed by atoms with E-state index in [4.69, 9.17) is 27.9 Å². The van der Waals surface area contributed by atoms with Gasteiger partial charge >= 0.3 is 0 Å². The van der Waals surface area contributed by atoms with Gasteiger partial charge in [0.05, 0.1) is 12.1 Å². The number of hydrogen-bond acceptors (Lipinski definition) is 4. The van der Waals surface area contributed by atoms with Crippen LogP contribution in [-0.4, -0.2) is 63.2 Å². The minimum Gasteiger partial charge on any atom is -0.495 e. The van der Waals surface area contributed by atoms with E-state index in [0.29, 0.717) is 22.3 Å². The molecule has 0 bridgehead atoms. The quantitative estimate of drug-likeness (QED) is 0.810. The third-order valence-corrected chi connectivity index (χ3v) is 4.30. The molecule has 118 valence electrons. The first-order chi connectivity index (χ1) is 10.1. The number of nitrogens with zero attached hydrogens (tertiary/aromatic N) is 2. The van der Waals surface area contributed by atoms with Crippen molar-refractivity contribution in [1.29, 1.82) is 0 Å². The fraction of sp³-hybridized carbons (Fsp3) is 0.600. The molecule has 0 saturated carbocycles. The van der Waals surface area contributed by atoms with Gasteiger partial charge in [0.15, 0.2) is 0 Å². The number of benzene rings is 1. The summed E-state index contributed by atoms with van der Waals surface area (Å²) in [6.45, 7) is 7.29. The van der Waals surface area contributed by atoms with Gasteiger partial charge in [-0.25, -0.2) is 0 Å². The molecule has 21 heavy (non-hydrogen) atoms. The molecule has 1 saturated heterocycles. The number of rotatable bonds is 6. The molecule has 1 N–H and O–H groups in total. The summed E-state index contributed by atoms with van der Waals surface area (Å²) in [6.07, 6.45) is 0. The summed E-state index contributed by atoms with van der Waals surface area (Å²) < 4.78 is 5.34. The first kappa shape index (κ1) is 16.8. The average Bonchev–Trinajstić information content (AvgIpc) is 2.45. The molecule has 1 fully saturated rings. The Bertz CT molecular complexity index is 462. The van der Waals surface area contributed by atoms with Crippen LogP contribution in [0.15, 0.2) is 12.1 Å². The summed E-state index contributed by atoms with van der Waals surface area (Å²) in [7, 11) is 3.80. The van der Waals surface area contributed by atoms with Crippen LogP contribution < -0.4 is 10.1 Å². The second-order valence-electron chi connectivity index (χ2n) is 5.40. The number of methoxy groups -OCH3 is 1. The van der Waals surface area contributed by atoms with Crippen LogP contribution in [0, 0.1) is 0 Å². The van der Waals surface area contributed by atoms with Crippen molar-refractivity contribution in [2.24, 2.45) is 0 Å². The van der Waals surface area contributed by atoms with E-state index in [1.807, 2.05) is 6.07 Å². The molecule has 2 rings (SSSR count). The molecule has 1 aromatic carbocycles. The highest BCUT2D eigenvalue weighted by atomic mass is 35.5. The van der Waals surface area contributed by atoms with E-state index in [2.05, 4.69) is 22.2 Å². The molecule has 0 radical (unpaired) electrons. The molecule has 1 heterocycles. The van der Waals surface area contributed by atoms with Crippen LogP contribution in [0.5, 0.6) is 5.75 Å². The summed E-state index contributed by atoms with van der Waals surface area (Å²) in [4.78, 5) is 4.85. The Morgan fingerprint density at radius 2 is 1.90 bits per heavy atom. The van der Waals surface area contributed by atoms with Crippen LogP contribution in [0.25, 0.3) is 0 Å². The van der Waals surface area contributed by atoms with Gasteiger partial charge in [-0.2, -0.15) is 0 Å². The van der Waals surface area contributed by atoms with Crippen molar-refractivity contribution >= 4 is 23.2 Å². The Kier molecular flexibility index (Phi) is 6.58. The third-order valence-electron chi connectivity index (χ3n) is 3.81. The van der Waals surface area contributed by atoms with Gasteiger partial charge in [0.2, 0.25) is 0 Å². The number of nitrogens with one attached hydrogen (secondary N) is 1. The van der Waals surface area contributed by atoms with Crippen LogP contribution >= 0.6 is 23.2 Å². The number of piperazine rings is 1. The Balaban J connectivity index is 1.78. The van der Waals surface area contributed by atoms with E-state index in [9.17, 15) is 0 Å². The summed E-state index contributed by atoms with van der Waals surface area (Å²) in [5.74, 6) is 0.702. The Hall–Kier alpha value is -0.520. The van der Waals surface area contributed by atoms with Gasteiger partial charge in [-0.15, -0.1) is 0 Å². The fourth-order valence-corrected chi connectivity index (χ4v) is 3.12. The predicted molar refractivity (Wildman–Crippen MR) is 88.7 cm³/mol. The van der Waals surface area contributed by atoms with E-state index < -0.39 is 0 Å². The molecule has 1 aliphatic rings. The van der Waals surface area contributed by atoms with E-state index in [-0.39, 0.29) is 0 Å². The van der Waals surface area contributed by atoms with Gasteiger partial charge in [0.25, 0.3) is 0 Å². The van der Waals surface area contributed by atoms with Crippen molar-refractivity contribution in [3.8, 4) is 5.75 Å². The molecule has 1 aromatic rings. The van der Waals surface area contributed by atoms with Crippen molar-refractivity contribution in [3.63, 3.8) is 0 Å². The number of likely N-dealkylation sites (N-methyl/N-ethyl adjacent to an activating group) is 1. The Morgan fingerprint density at radius 3 is 2.57 bits per heavy atom. The molecule has 0 aliphatic carbocycles. The lowest BCUT2D eigenvalue weighted by molar-refractivity contribution is 0.154. The lowest BCUT2D eigenvalue weighted by Crippen LogP contribution is -2.46. The van der Waals surface area contributed by atoms with Crippen LogP contribution in [0.4, 0.5) is 0 Å². The zero-order valence-corrected chi connectivity index (χ0v) is 14.2. The van der Waals surface area contributed by atoms with Crippen molar-refractivity contribution < 1.29 is 4.74 Å². The molecule has 4 nitrogen and oxygen atoms in total. The maximum Gasteiger partial charge on any atom is 0.142 e. The Labute approximate surface area is 136 Å². The smallest absolute Gasteiger partial charge is 0.142 e. The fourth-order valence-electron chi connectivity index (χ4n) is 2.51. The normalized spacial score (nSPS) is 17.1. The maximum atomic E-state index is 6.13. The van der Waals surface area contributed by atoms with Gasteiger partial charge in [0.1, 0.15) is 5.75 Å². The predicted octanol–water partition coefficient (Wildman–Crippen LogP) is 2.34. The van der Waals surface area contributed by atoms with Crippen molar-refractivity contribution in [3.05, 3.63) is 27.7 Å². The molecule has 6 heteroatoms. The zero-order valence-electron chi connectivity index (χ0n) is 12.7. The van der Waals surface area contributed by atoms with Gasteiger partial charge < -0.3 is 15.0 Å². The summed E-state index contributed by atoms with van der Waals surface area (Å²) >= 11 is 12.2. The SMILES string of the molecule is COc1c(Cl)cc(Cl)cc1CNCCN1CCN(C)CC1. The molecule has 0 unspecified atom stereocenters.